The molecule has 2 heteroatoms. The Hall–Kier alpha value is -1.67. The molecule has 0 aliphatic heterocycles. The monoisotopic (exact) mass is 239 g/mol. The first-order valence-electron chi connectivity index (χ1n) is 6.53. The van der Waals surface area contributed by atoms with Gasteiger partial charge >= 0.3 is 0 Å². The minimum Gasteiger partial charge on any atom is -0.389 e. The zero-order valence-corrected chi connectivity index (χ0v) is 10.3. The second kappa shape index (κ2) is 4.91. The molecule has 0 bridgehead atoms. The summed E-state index contributed by atoms with van der Waals surface area (Å²) in [5.74, 6) is 0. The molecule has 18 heavy (non-hydrogen) atoms. The lowest BCUT2D eigenvalue weighted by molar-refractivity contribution is 0.202. The molecule has 1 heterocycles. The van der Waals surface area contributed by atoms with Crippen molar-refractivity contribution in [2.24, 2.45) is 0 Å². The number of rotatable bonds is 2. The van der Waals surface area contributed by atoms with E-state index in [0.29, 0.717) is 0 Å². The van der Waals surface area contributed by atoms with Gasteiger partial charge in [0.1, 0.15) is 0 Å². The lowest BCUT2D eigenvalue weighted by Gasteiger charge is -2.16. The molecular weight excluding hydrogens is 222 g/mol. The fourth-order valence-electron chi connectivity index (χ4n) is 2.56. The predicted molar refractivity (Wildman–Crippen MR) is 73.4 cm³/mol. The molecule has 1 aromatic heterocycles. The van der Waals surface area contributed by atoms with Gasteiger partial charge in [0.25, 0.3) is 0 Å². The van der Waals surface area contributed by atoms with Gasteiger partial charge in [-0.05, 0) is 31.4 Å². The van der Waals surface area contributed by atoms with Crippen LogP contribution in [-0.4, -0.2) is 16.2 Å². The quantitative estimate of drug-likeness (QED) is 0.816. The average Bonchev–Trinajstić information content (AvgIpc) is 2.39. The Morgan fingerprint density at radius 3 is 2.94 bits per heavy atom. The zero-order valence-electron chi connectivity index (χ0n) is 10.3. The van der Waals surface area contributed by atoms with Crippen molar-refractivity contribution in [3.8, 4) is 0 Å². The molecule has 0 radical (unpaired) electrons. The maximum absolute atomic E-state index is 9.63. The minimum absolute atomic E-state index is 0.255. The third kappa shape index (κ3) is 2.44. The molecule has 0 saturated heterocycles. The molecule has 1 atom stereocenters. The Balaban J connectivity index is 1.86. The number of benzene rings is 1. The van der Waals surface area contributed by atoms with E-state index >= 15 is 0 Å². The van der Waals surface area contributed by atoms with Crippen molar-refractivity contribution < 1.29 is 5.11 Å². The second-order valence-corrected chi connectivity index (χ2v) is 4.96. The predicted octanol–water partition coefficient (Wildman–Crippen LogP) is 3.25. The molecule has 1 N–H and O–H groups in total. The lowest BCUT2D eigenvalue weighted by atomic mass is 9.94. The molecule has 92 valence electrons. The molecule has 2 aromatic rings. The second-order valence-electron chi connectivity index (χ2n) is 4.96. The van der Waals surface area contributed by atoms with Crippen LogP contribution >= 0.6 is 0 Å². The van der Waals surface area contributed by atoms with Crippen LogP contribution in [0, 0.1) is 0 Å². The van der Waals surface area contributed by atoms with E-state index in [1.54, 1.807) is 0 Å². The van der Waals surface area contributed by atoms with Gasteiger partial charge in [0, 0.05) is 17.5 Å². The molecular formula is C16H17NO. The molecule has 0 fully saturated rings. The van der Waals surface area contributed by atoms with Crippen molar-refractivity contribution in [2.75, 3.05) is 0 Å². The third-order valence-corrected chi connectivity index (χ3v) is 3.49. The molecule has 3 rings (SSSR count). The SMILES string of the molecule is OC1C=C(Cc2ccc3ccccc3n2)CCC1. The van der Waals surface area contributed by atoms with Crippen molar-refractivity contribution in [3.05, 3.63) is 53.7 Å². The highest BCUT2D eigenvalue weighted by Gasteiger charge is 2.11. The molecule has 1 aliphatic rings. The summed E-state index contributed by atoms with van der Waals surface area (Å²) in [7, 11) is 0. The van der Waals surface area contributed by atoms with Crippen LogP contribution in [0.1, 0.15) is 25.0 Å². The Morgan fingerprint density at radius 1 is 1.17 bits per heavy atom. The average molecular weight is 239 g/mol. The van der Waals surface area contributed by atoms with E-state index in [1.807, 2.05) is 24.3 Å². The fourth-order valence-corrected chi connectivity index (χ4v) is 2.56. The van der Waals surface area contributed by atoms with Crippen molar-refractivity contribution in [3.63, 3.8) is 0 Å². The number of aliphatic hydroxyl groups is 1. The van der Waals surface area contributed by atoms with Crippen molar-refractivity contribution in [2.45, 2.75) is 31.8 Å². The largest absolute Gasteiger partial charge is 0.389 e. The standard InChI is InChI=1S/C16H17NO/c18-15-6-3-4-12(11-15)10-14-9-8-13-5-1-2-7-16(13)17-14/h1-2,5,7-9,11,15,18H,3-4,6,10H2. The number of allylic oxidation sites excluding steroid dienone is 1. The van der Waals surface area contributed by atoms with E-state index in [-0.39, 0.29) is 6.10 Å². The number of aromatic nitrogens is 1. The molecule has 1 unspecified atom stereocenters. The first kappa shape index (κ1) is 11.4. The van der Waals surface area contributed by atoms with Gasteiger partial charge in [-0.3, -0.25) is 4.98 Å². The highest BCUT2D eigenvalue weighted by atomic mass is 16.3. The van der Waals surface area contributed by atoms with Crippen LogP contribution in [0.2, 0.25) is 0 Å². The maximum Gasteiger partial charge on any atom is 0.0723 e. The van der Waals surface area contributed by atoms with E-state index in [0.717, 1.165) is 36.9 Å². The summed E-state index contributed by atoms with van der Waals surface area (Å²) in [6.45, 7) is 0. The van der Waals surface area contributed by atoms with Gasteiger partial charge in [-0.25, -0.2) is 0 Å². The Labute approximate surface area is 107 Å². The van der Waals surface area contributed by atoms with Crippen LogP contribution in [0.25, 0.3) is 10.9 Å². The number of hydrogen-bond acceptors (Lipinski definition) is 2. The fraction of sp³-hybridized carbons (Fsp3) is 0.312. The third-order valence-electron chi connectivity index (χ3n) is 3.49. The molecule has 0 spiro atoms. The van der Waals surface area contributed by atoms with Gasteiger partial charge in [-0.1, -0.05) is 35.9 Å². The van der Waals surface area contributed by atoms with Crippen LogP contribution in [0.4, 0.5) is 0 Å². The van der Waals surface area contributed by atoms with Gasteiger partial charge in [-0.15, -0.1) is 0 Å². The van der Waals surface area contributed by atoms with E-state index in [2.05, 4.69) is 23.2 Å². The van der Waals surface area contributed by atoms with Gasteiger partial charge in [0.15, 0.2) is 0 Å². The number of hydrogen-bond donors (Lipinski definition) is 1. The van der Waals surface area contributed by atoms with E-state index in [9.17, 15) is 5.11 Å². The summed E-state index contributed by atoms with van der Waals surface area (Å²) in [6.07, 6.45) is 5.68. The van der Waals surface area contributed by atoms with Gasteiger partial charge in [-0.2, -0.15) is 0 Å². The van der Waals surface area contributed by atoms with Gasteiger partial charge < -0.3 is 5.11 Å². The first-order valence-corrected chi connectivity index (χ1v) is 6.53. The van der Waals surface area contributed by atoms with Crippen molar-refractivity contribution >= 4 is 10.9 Å². The summed E-state index contributed by atoms with van der Waals surface area (Å²) in [4.78, 5) is 4.67. The van der Waals surface area contributed by atoms with Gasteiger partial charge in [0.2, 0.25) is 0 Å². The summed E-state index contributed by atoms with van der Waals surface area (Å²) in [6, 6.07) is 12.4. The van der Waals surface area contributed by atoms with Crippen LogP contribution in [0.5, 0.6) is 0 Å². The van der Waals surface area contributed by atoms with Crippen LogP contribution in [0.3, 0.4) is 0 Å². The van der Waals surface area contributed by atoms with Crippen LogP contribution < -0.4 is 0 Å². The molecule has 0 saturated carbocycles. The summed E-state index contributed by atoms with van der Waals surface area (Å²) >= 11 is 0. The normalized spacial score (nSPS) is 19.8. The Bertz CT molecular complexity index is 588. The maximum atomic E-state index is 9.63. The van der Waals surface area contributed by atoms with E-state index < -0.39 is 0 Å². The lowest BCUT2D eigenvalue weighted by Crippen LogP contribution is -2.10. The number of nitrogens with zero attached hydrogens (tertiary/aromatic N) is 1. The van der Waals surface area contributed by atoms with Gasteiger partial charge in [0.05, 0.1) is 11.6 Å². The van der Waals surface area contributed by atoms with Crippen LogP contribution in [-0.2, 0) is 6.42 Å². The summed E-state index contributed by atoms with van der Waals surface area (Å²) in [5.41, 5.74) is 3.46. The number of pyridine rings is 1. The molecule has 1 aromatic carbocycles. The summed E-state index contributed by atoms with van der Waals surface area (Å²) < 4.78 is 0. The molecule has 2 nitrogen and oxygen atoms in total. The highest BCUT2D eigenvalue weighted by molar-refractivity contribution is 5.78. The number of para-hydroxylation sites is 1. The van der Waals surface area contributed by atoms with Crippen LogP contribution in [0.15, 0.2) is 48.0 Å². The molecule has 0 amide bonds. The minimum atomic E-state index is -0.255. The number of aliphatic hydroxyl groups excluding tert-OH is 1. The Morgan fingerprint density at radius 2 is 2.06 bits per heavy atom. The van der Waals surface area contributed by atoms with Crippen molar-refractivity contribution in [1.82, 2.24) is 4.98 Å². The Kier molecular flexibility index (Phi) is 3.11. The topological polar surface area (TPSA) is 33.1 Å². The van der Waals surface area contributed by atoms with E-state index in [4.69, 9.17) is 0 Å². The van der Waals surface area contributed by atoms with E-state index in [1.165, 1.54) is 11.0 Å². The highest BCUT2D eigenvalue weighted by Crippen LogP contribution is 2.22. The smallest absolute Gasteiger partial charge is 0.0723 e. The zero-order chi connectivity index (χ0) is 12.4. The van der Waals surface area contributed by atoms with Crippen molar-refractivity contribution in [1.29, 1.82) is 0 Å². The number of fused-ring (bicyclic) bond motifs is 1. The first-order chi connectivity index (χ1) is 8.81. The molecule has 1 aliphatic carbocycles. The summed E-state index contributed by atoms with van der Waals surface area (Å²) in [5, 5.41) is 10.8.